The summed E-state index contributed by atoms with van der Waals surface area (Å²) in [4.78, 5) is 32.1. The van der Waals surface area contributed by atoms with Gasteiger partial charge in [0.2, 0.25) is 15.9 Å². The van der Waals surface area contributed by atoms with Gasteiger partial charge in [0, 0.05) is 6.07 Å². The molecule has 4 N–H and O–H groups in total. The van der Waals surface area contributed by atoms with Gasteiger partial charge in [0.25, 0.3) is 11.4 Å². The van der Waals surface area contributed by atoms with Crippen LogP contribution >= 0.6 is 0 Å². The molecular formula is C16H17N5O7S. The second-order valence-corrected chi connectivity index (χ2v) is 7.44. The maximum Gasteiger partial charge on any atom is 0.299 e. The molecule has 0 fully saturated rings. The third-order valence-corrected chi connectivity index (χ3v) is 4.72. The number of carbonyl (C=O) groups excluding carboxylic acids is 1. The molecule has 29 heavy (non-hydrogen) atoms. The van der Waals surface area contributed by atoms with Gasteiger partial charge in [-0.2, -0.15) is 0 Å². The molecule has 2 aromatic rings. The van der Waals surface area contributed by atoms with Gasteiger partial charge in [0.05, 0.1) is 27.4 Å². The standard InChI is InChI=1S/C16H17N5O7S/c17-29(27,28)13-4-1-11(2-5-13)7-8-18-10-16(22)19-14-6-3-12(20(23)24)9-15(14)21(25)26/h1-6,9,18H,7-8,10H2,(H,19,22)(H2,17,27,28). The van der Waals surface area contributed by atoms with Crippen molar-refractivity contribution >= 4 is 33.0 Å². The molecule has 0 aliphatic heterocycles. The average molecular weight is 423 g/mol. The highest BCUT2D eigenvalue weighted by Crippen LogP contribution is 2.28. The highest BCUT2D eigenvalue weighted by atomic mass is 32.2. The summed E-state index contributed by atoms with van der Waals surface area (Å²) in [5, 5.41) is 32.0. The first-order valence-electron chi connectivity index (χ1n) is 8.13. The number of anilines is 1. The number of non-ortho nitro benzene ring substituents is 1. The maximum absolute atomic E-state index is 12.0. The van der Waals surface area contributed by atoms with Crippen molar-refractivity contribution in [1.29, 1.82) is 0 Å². The number of nitro groups is 2. The summed E-state index contributed by atoms with van der Waals surface area (Å²) in [5.41, 5.74) is -0.369. The number of nitrogens with two attached hydrogens (primary N) is 1. The molecule has 154 valence electrons. The van der Waals surface area contributed by atoms with Crippen LogP contribution in [-0.4, -0.2) is 37.3 Å². The van der Waals surface area contributed by atoms with Gasteiger partial charge >= 0.3 is 0 Å². The van der Waals surface area contributed by atoms with E-state index in [1.54, 1.807) is 12.1 Å². The molecule has 0 unspecified atom stereocenters. The topological polar surface area (TPSA) is 188 Å². The molecule has 0 heterocycles. The number of nitrogens with zero attached hydrogens (tertiary/aromatic N) is 2. The summed E-state index contributed by atoms with van der Waals surface area (Å²) in [6.45, 7) is 0.230. The smallest absolute Gasteiger partial charge is 0.299 e. The highest BCUT2D eigenvalue weighted by molar-refractivity contribution is 7.89. The monoisotopic (exact) mass is 423 g/mol. The number of hydrogen-bond acceptors (Lipinski definition) is 8. The number of primary sulfonamides is 1. The third-order valence-electron chi connectivity index (χ3n) is 3.79. The van der Waals surface area contributed by atoms with E-state index in [0.717, 1.165) is 23.8 Å². The summed E-state index contributed by atoms with van der Waals surface area (Å²) in [5.74, 6) is -0.563. The Morgan fingerprint density at radius 1 is 1.03 bits per heavy atom. The number of hydrogen-bond donors (Lipinski definition) is 3. The summed E-state index contributed by atoms with van der Waals surface area (Å²) in [6.07, 6.45) is 0.496. The van der Waals surface area contributed by atoms with Crippen LogP contribution < -0.4 is 15.8 Å². The van der Waals surface area contributed by atoms with Crippen molar-refractivity contribution < 1.29 is 23.1 Å². The summed E-state index contributed by atoms with van der Waals surface area (Å²) >= 11 is 0. The molecule has 0 aliphatic rings. The Labute approximate surface area is 165 Å². The summed E-state index contributed by atoms with van der Waals surface area (Å²) in [6, 6.07) is 8.89. The van der Waals surface area contributed by atoms with Crippen LogP contribution in [0.5, 0.6) is 0 Å². The Balaban J connectivity index is 1.87. The van der Waals surface area contributed by atoms with Gasteiger partial charge < -0.3 is 10.6 Å². The summed E-state index contributed by atoms with van der Waals surface area (Å²) < 4.78 is 22.4. The Hall–Kier alpha value is -3.42. The zero-order valence-electron chi connectivity index (χ0n) is 14.9. The molecule has 0 saturated heterocycles. The lowest BCUT2D eigenvalue weighted by Gasteiger charge is -2.08. The van der Waals surface area contributed by atoms with Gasteiger partial charge in [-0.15, -0.1) is 0 Å². The van der Waals surface area contributed by atoms with Gasteiger partial charge in [-0.05, 0) is 36.7 Å². The number of nitro benzene ring substituents is 2. The quantitative estimate of drug-likeness (QED) is 0.301. The SMILES string of the molecule is NS(=O)(=O)c1ccc(CCNCC(=O)Nc2ccc([N+](=O)[O-])cc2[N+](=O)[O-])cc1. The Morgan fingerprint density at radius 3 is 2.24 bits per heavy atom. The largest absolute Gasteiger partial charge is 0.319 e. The number of carbonyl (C=O) groups is 1. The molecule has 13 heteroatoms. The zero-order chi connectivity index (χ0) is 21.6. The second kappa shape index (κ2) is 9.18. The lowest BCUT2D eigenvalue weighted by molar-refractivity contribution is -0.393. The Kier molecular flexibility index (Phi) is 6.93. The molecule has 0 atom stereocenters. The van der Waals surface area contributed by atoms with Crippen LogP contribution in [0.3, 0.4) is 0 Å². The summed E-state index contributed by atoms with van der Waals surface area (Å²) in [7, 11) is -3.76. The van der Waals surface area contributed by atoms with Crippen LogP contribution in [0.25, 0.3) is 0 Å². The van der Waals surface area contributed by atoms with Crippen LogP contribution in [0, 0.1) is 20.2 Å². The van der Waals surface area contributed by atoms with Crippen molar-refractivity contribution in [3.8, 4) is 0 Å². The first kappa shape index (κ1) is 21.9. The van der Waals surface area contributed by atoms with Crippen molar-refractivity contribution in [3.63, 3.8) is 0 Å². The first-order chi connectivity index (χ1) is 13.6. The van der Waals surface area contributed by atoms with Gasteiger partial charge in [0.15, 0.2) is 0 Å². The molecule has 0 aliphatic carbocycles. The fourth-order valence-electron chi connectivity index (χ4n) is 2.37. The number of rotatable bonds is 9. The molecule has 0 bridgehead atoms. The lowest BCUT2D eigenvalue weighted by atomic mass is 10.1. The van der Waals surface area contributed by atoms with Crippen LogP contribution in [0.2, 0.25) is 0 Å². The van der Waals surface area contributed by atoms with Crippen LogP contribution in [0.15, 0.2) is 47.4 Å². The third kappa shape index (κ3) is 6.31. The minimum Gasteiger partial charge on any atom is -0.319 e. The van der Waals surface area contributed by atoms with E-state index in [9.17, 15) is 33.4 Å². The van der Waals surface area contributed by atoms with Crippen molar-refractivity contribution in [2.75, 3.05) is 18.4 Å². The van der Waals surface area contributed by atoms with Crippen molar-refractivity contribution in [2.24, 2.45) is 5.14 Å². The van der Waals surface area contributed by atoms with E-state index in [-0.39, 0.29) is 17.1 Å². The van der Waals surface area contributed by atoms with Crippen molar-refractivity contribution in [1.82, 2.24) is 5.32 Å². The maximum atomic E-state index is 12.0. The Bertz CT molecular complexity index is 1040. The predicted octanol–water partition coefficient (Wildman–Crippen LogP) is 0.921. The number of benzene rings is 2. The van der Waals surface area contributed by atoms with E-state index >= 15 is 0 Å². The molecule has 2 aromatic carbocycles. The molecular weight excluding hydrogens is 406 g/mol. The average Bonchev–Trinajstić information content (AvgIpc) is 2.65. The molecule has 2 rings (SSSR count). The number of sulfonamides is 1. The molecule has 12 nitrogen and oxygen atoms in total. The van der Waals surface area contributed by atoms with E-state index in [0.29, 0.717) is 13.0 Å². The highest BCUT2D eigenvalue weighted by Gasteiger charge is 2.20. The van der Waals surface area contributed by atoms with Crippen molar-refractivity contribution in [2.45, 2.75) is 11.3 Å². The second-order valence-electron chi connectivity index (χ2n) is 5.88. The lowest BCUT2D eigenvalue weighted by Crippen LogP contribution is -2.29. The van der Waals surface area contributed by atoms with Crippen LogP contribution in [-0.2, 0) is 21.2 Å². The fraction of sp³-hybridized carbons (Fsp3) is 0.188. The molecule has 0 aromatic heterocycles. The van der Waals surface area contributed by atoms with E-state index in [1.807, 2.05) is 0 Å². The predicted molar refractivity (Wildman–Crippen MR) is 103 cm³/mol. The van der Waals surface area contributed by atoms with Gasteiger partial charge in [0.1, 0.15) is 5.69 Å². The molecule has 0 spiro atoms. The number of amides is 1. The van der Waals surface area contributed by atoms with Crippen LogP contribution in [0.4, 0.5) is 17.1 Å². The van der Waals surface area contributed by atoms with Crippen LogP contribution in [0.1, 0.15) is 5.56 Å². The van der Waals surface area contributed by atoms with Crippen molar-refractivity contribution in [3.05, 3.63) is 68.3 Å². The molecule has 1 amide bonds. The van der Waals surface area contributed by atoms with E-state index in [4.69, 9.17) is 5.14 Å². The minimum absolute atomic E-state index is 0.00159. The zero-order valence-corrected chi connectivity index (χ0v) is 15.7. The Morgan fingerprint density at radius 2 is 1.69 bits per heavy atom. The normalized spacial score (nSPS) is 11.1. The first-order valence-corrected chi connectivity index (χ1v) is 9.67. The van der Waals surface area contributed by atoms with E-state index in [1.165, 1.54) is 12.1 Å². The molecule has 0 saturated carbocycles. The van der Waals surface area contributed by atoms with E-state index in [2.05, 4.69) is 10.6 Å². The molecule has 0 radical (unpaired) electrons. The van der Waals surface area contributed by atoms with Gasteiger partial charge in [-0.3, -0.25) is 25.0 Å². The van der Waals surface area contributed by atoms with E-state index < -0.39 is 37.2 Å². The van der Waals surface area contributed by atoms with Gasteiger partial charge in [-0.25, -0.2) is 13.6 Å². The van der Waals surface area contributed by atoms with Gasteiger partial charge in [-0.1, -0.05) is 12.1 Å². The fourth-order valence-corrected chi connectivity index (χ4v) is 2.88. The number of nitrogens with one attached hydrogen (secondary N) is 2. The minimum atomic E-state index is -3.76.